The number of rotatable bonds is 3. The first-order valence-corrected chi connectivity index (χ1v) is 11.0. The fourth-order valence-corrected chi connectivity index (χ4v) is 7.81. The zero-order chi connectivity index (χ0) is 20.3. The maximum absolute atomic E-state index is 12.9. The second-order valence-electron chi connectivity index (χ2n) is 10.5. The second kappa shape index (κ2) is 6.65. The number of carbonyl (C=O) groups is 3. The van der Waals surface area contributed by atoms with Gasteiger partial charge in [-0.15, -0.1) is 0 Å². The molecular formula is C23H34O5. The van der Waals surface area contributed by atoms with Crippen molar-refractivity contribution < 1.29 is 24.2 Å². The van der Waals surface area contributed by atoms with E-state index in [1.54, 1.807) is 0 Å². The molecule has 0 spiro atoms. The number of Topliss-reactive ketones (excluding diaryl/α,β-unsaturated/α-hetero) is 2. The molecule has 7 atom stereocenters. The zero-order valence-corrected chi connectivity index (χ0v) is 17.5. The van der Waals surface area contributed by atoms with Gasteiger partial charge in [0, 0.05) is 25.2 Å². The minimum Gasteiger partial charge on any atom is -0.458 e. The van der Waals surface area contributed by atoms with Crippen molar-refractivity contribution in [2.24, 2.45) is 34.5 Å². The Morgan fingerprint density at radius 1 is 1.07 bits per heavy atom. The average molecular weight is 391 g/mol. The summed E-state index contributed by atoms with van der Waals surface area (Å²) in [7, 11) is 0. The number of fused-ring (bicyclic) bond motifs is 5. The third kappa shape index (κ3) is 2.72. The molecule has 0 aromatic rings. The smallest absolute Gasteiger partial charge is 0.303 e. The molecule has 28 heavy (non-hydrogen) atoms. The van der Waals surface area contributed by atoms with Crippen molar-refractivity contribution in [3.05, 3.63) is 0 Å². The quantitative estimate of drug-likeness (QED) is 0.747. The Hall–Kier alpha value is -1.23. The molecule has 1 N–H and O–H groups in total. The van der Waals surface area contributed by atoms with Gasteiger partial charge < -0.3 is 9.84 Å². The minimum absolute atomic E-state index is 0.223. The normalized spacial score (nSPS) is 47.6. The number of hydrogen-bond acceptors (Lipinski definition) is 5. The molecule has 0 amide bonds. The molecule has 0 radical (unpaired) electrons. The second-order valence-corrected chi connectivity index (χ2v) is 10.5. The molecule has 0 bridgehead atoms. The molecule has 4 fully saturated rings. The van der Waals surface area contributed by atoms with Gasteiger partial charge in [0.05, 0.1) is 0 Å². The van der Waals surface area contributed by atoms with Crippen molar-refractivity contribution in [3.8, 4) is 0 Å². The predicted molar refractivity (Wildman–Crippen MR) is 103 cm³/mol. The van der Waals surface area contributed by atoms with Gasteiger partial charge >= 0.3 is 5.97 Å². The minimum atomic E-state index is -1.39. The summed E-state index contributed by atoms with van der Waals surface area (Å²) in [6.45, 7) is 5.45. The van der Waals surface area contributed by atoms with Gasteiger partial charge in [0.15, 0.2) is 6.61 Å². The summed E-state index contributed by atoms with van der Waals surface area (Å²) in [5.74, 6) is 1.53. The van der Waals surface area contributed by atoms with Crippen LogP contribution in [0, 0.1) is 34.5 Å². The fraction of sp³-hybridized carbons (Fsp3) is 0.870. The molecule has 4 aliphatic carbocycles. The van der Waals surface area contributed by atoms with Crippen LogP contribution in [0.5, 0.6) is 0 Å². The summed E-state index contributed by atoms with van der Waals surface area (Å²) in [5, 5.41) is 11.5. The van der Waals surface area contributed by atoms with Gasteiger partial charge in [-0.05, 0) is 74.0 Å². The number of ketones is 2. The topological polar surface area (TPSA) is 80.7 Å². The summed E-state index contributed by atoms with van der Waals surface area (Å²) < 4.78 is 4.93. The zero-order valence-electron chi connectivity index (χ0n) is 17.5. The lowest BCUT2D eigenvalue weighted by Crippen LogP contribution is -2.59. The van der Waals surface area contributed by atoms with Crippen LogP contribution in [0.2, 0.25) is 0 Å². The van der Waals surface area contributed by atoms with Crippen LogP contribution in [0.4, 0.5) is 0 Å². The van der Waals surface area contributed by atoms with Crippen LogP contribution in [0.25, 0.3) is 0 Å². The Morgan fingerprint density at radius 3 is 2.50 bits per heavy atom. The summed E-state index contributed by atoms with van der Waals surface area (Å²) in [6, 6.07) is 0. The first-order chi connectivity index (χ1) is 13.1. The highest BCUT2D eigenvalue weighted by Gasteiger charge is 2.66. The van der Waals surface area contributed by atoms with Crippen LogP contribution in [0.15, 0.2) is 0 Å². The Bertz CT molecular complexity index is 701. The number of ether oxygens (including phenoxy) is 1. The summed E-state index contributed by atoms with van der Waals surface area (Å²) in [6.07, 6.45) is 7.82. The maximum atomic E-state index is 12.9. The van der Waals surface area contributed by atoms with E-state index < -0.39 is 17.0 Å². The molecule has 0 saturated heterocycles. The molecule has 156 valence electrons. The van der Waals surface area contributed by atoms with E-state index in [0.717, 1.165) is 44.9 Å². The predicted octanol–water partition coefficient (Wildman–Crippen LogP) is 3.46. The van der Waals surface area contributed by atoms with Crippen LogP contribution in [-0.2, 0) is 19.1 Å². The van der Waals surface area contributed by atoms with Gasteiger partial charge in [-0.3, -0.25) is 14.4 Å². The van der Waals surface area contributed by atoms with Gasteiger partial charge in [0.25, 0.3) is 0 Å². The molecule has 1 unspecified atom stereocenters. The lowest BCUT2D eigenvalue weighted by Gasteiger charge is -2.60. The van der Waals surface area contributed by atoms with Crippen LogP contribution in [-0.4, -0.2) is 34.9 Å². The maximum Gasteiger partial charge on any atom is 0.303 e. The SMILES string of the molecule is CC(=O)OCC(=O)[C@@]1(O)CC[C@H]2[C@@H]3CCC4CC(=O)CC[C@]4(C)[C@H]3CC[C@@]21C. The molecule has 0 aromatic carbocycles. The molecule has 0 aliphatic heterocycles. The molecule has 0 heterocycles. The third-order valence-corrected chi connectivity index (χ3v) is 9.50. The fourth-order valence-electron chi connectivity index (χ4n) is 7.81. The Kier molecular flexibility index (Phi) is 4.76. The molecule has 4 saturated carbocycles. The van der Waals surface area contributed by atoms with Crippen molar-refractivity contribution in [1.29, 1.82) is 0 Å². The van der Waals surface area contributed by atoms with E-state index in [-0.39, 0.29) is 17.8 Å². The van der Waals surface area contributed by atoms with Crippen LogP contribution < -0.4 is 0 Å². The van der Waals surface area contributed by atoms with E-state index >= 15 is 0 Å². The Balaban J connectivity index is 1.57. The van der Waals surface area contributed by atoms with E-state index in [1.807, 2.05) is 0 Å². The van der Waals surface area contributed by atoms with Crippen LogP contribution in [0.3, 0.4) is 0 Å². The van der Waals surface area contributed by atoms with Gasteiger partial charge in [-0.2, -0.15) is 0 Å². The lowest BCUT2D eigenvalue weighted by molar-refractivity contribution is -0.175. The van der Waals surface area contributed by atoms with Crippen molar-refractivity contribution in [2.75, 3.05) is 6.61 Å². The van der Waals surface area contributed by atoms with Gasteiger partial charge in [-0.25, -0.2) is 0 Å². The lowest BCUT2D eigenvalue weighted by atomic mass is 9.44. The first-order valence-electron chi connectivity index (χ1n) is 11.0. The van der Waals surface area contributed by atoms with Gasteiger partial charge in [-0.1, -0.05) is 13.8 Å². The third-order valence-electron chi connectivity index (χ3n) is 9.50. The van der Waals surface area contributed by atoms with E-state index in [4.69, 9.17) is 4.74 Å². The van der Waals surface area contributed by atoms with Crippen molar-refractivity contribution in [1.82, 2.24) is 0 Å². The summed E-state index contributed by atoms with van der Waals surface area (Å²) in [5.41, 5.74) is -1.61. The number of aliphatic hydroxyl groups is 1. The number of hydrogen-bond donors (Lipinski definition) is 1. The van der Waals surface area contributed by atoms with Crippen molar-refractivity contribution in [3.63, 3.8) is 0 Å². The average Bonchev–Trinajstić information content (AvgIpc) is 2.92. The molecule has 5 nitrogen and oxygen atoms in total. The molecule has 5 heteroatoms. The van der Waals surface area contributed by atoms with Gasteiger partial charge in [0.2, 0.25) is 5.78 Å². The largest absolute Gasteiger partial charge is 0.458 e. The molecular weight excluding hydrogens is 356 g/mol. The highest BCUT2D eigenvalue weighted by atomic mass is 16.5. The van der Waals surface area contributed by atoms with Crippen LogP contribution >= 0.6 is 0 Å². The first kappa shape index (κ1) is 20.1. The summed E-state index contributed by atoms with van der Waals surface area (Å²) in [4.78, 5) is 36.0. The van der Waals surface area contributed by atoms with Crippen molar-refractivity contribution >= 4 is 17.5 Å². The Morgan fingerprint density at radius 2 is 1.79 bits per heavy atom. The van der Waals surface area contributed by atoms with Gasteiger partial charge in [0.1, 0.15) is 11.4 Å². The Labute approximate surface area is 167 Å². The van der Waals surface area contributed by atoms with E-state index in [2.05, 4.69) is 13.8 Å². The molecule has 4 aliphatic rings. The van der Waals surface area contributed by atoms with E-state index in [9.17, 15) is 19.5 Å². The monoisotopic (exact) mass is 390 g/mol. The molecule has 0 aromatic heterocycles. The van der Waals surface area contributed by atoms with E-state index in [0.29, 0.717) is 42.3 Å². The van der Waals surface area contributed by atoms with Crippen molar-refractivity contribution in [2.45, 2.75) is 84.2 Å². The standard InChI is InChI=1S/C23H34O5/c1-14(24)28-13-20(26)23(27)11-8-19-17-5-4-15-12-16(25)6-9-21(15,2)18(17)7-10-22(19,23)3/h15,17-19,27H,4-13H2,1-3H3/t15?,17-,18+,19+,21+,22+,23+/m1/s1. The van der Waals surface area contributed by atoms with E-state index in [1.165, 1.54) is 6.92 Å². The highest BCUT2D eigenvalue weighted by molar-refractivity contribution is 5.91. The van der Waals surface area contributed by atoms with Crippen LogP contribution in [0.1, 0.15) is 78.6 Å². The molecule has 4 rings (SSSR count). The number of esters is 1. The summed E-state index contributed by atoms with van der Waals surface area (Å²) >= 11 is 0. The number of carbonyl (C=O) groups excluding carboxylic acids is 3. The highest BCUT2D eigenvalue weighted by Crippen LogP contribution is 2.68.